The molecule has 1 aromatic carbocycles. The Balaban J connectivity index is 2.61. The zero-order valence-electron chi connectivity index (χ0n) is 12.0. The van der Waals surface area contributed by atoms with Crippen molar-refractivity contribution in [1.82, 2.24) is 9.97 Å². The summed E-state index contributed by atoms with van der Waals surface area (Å²) in [5.41, 5.74) is 1.49. The van der Waals surface area contributed by atoms with Crippen molar-refractivity contribution >= 4 is 28.6 Å². The molecule has 1 N–H and O–H groups in total. The van der Waals surface area contributed by atoms with Crippen LogP contribution in [0.3, 0.4) is 0 Å². The van der Waals surface area contributed by atoms with Gasteiger partial charge in [-0.05, 0) is 31.9 Å². The summed E-state index contributed by atoms with van der Waals surface area (Å²) in [6.07, 6.45) is 2.72. The van der Waals surface area contributed by atoms with Gasteiger partial charge in [-0.15, -0.1) is 0 Å². The molecule has 21 heavy (non-hydrogen) atoms. The van der Waals surface area contributed by atoms with E-state index in [-0.39, 0.29) is 22.0 Å². The minimum absolute atomic E-state index is 0.00536. The van der Waals surface area contributed by atoms with Crippen LogP contribution < -0.4 is 4.74 Å². The third kappa shape index (κ3) is 3.24. The largest absolute Gasteiger partial charge is 0.493 e. The van der Waals surface area contributed by atoms with Crippen LogP contribution in [0.1, 0.15) is 42.7 Å². The predicted octanol–water partition coefficient (Wildman–Crippen LogP) is 3.72. The van der Waals surface area contributed by atoms with Crippen LogP contribution in [0.15, 0.2) is 12.1 Å². The second-order valence-corrected chi connectivity index (χ2v) is 4.97. The number of unbranched alkanes of at least 4 members (excludes halogenated alkanes) is 1. The summed E-state index contributed by atoms with van der Waals surface area (Å²) in [6, 6.07) is 3.33. The number of aryl methyl sites for hydroxylation is 1. The summed E-state index contributed by atoms with van der Waals surface area (Å²) in [5, 5.41) is 9.66. The van der Waals surface area contributed by atoms with Gasteiger partial charge < -0.3 is 9.84 Å². The van der Waals surface area contributed by atoms with Crippen molar-refractivity contribution in [3.05, 3.63) is 28.5 Å². The molecule has 0 aliphatic heterocycles. The van der Waals surface area contributed by atoms with E-state index in [4.69, 9.17) is 16.3 Å². The smallest absolute Gasteiger partial charge is 0.341 e. The van der Waals surface area contributed by atoms with E-state index in [2.05, 4.69) is 16.9 Å². The molecule has 0 radical (unpaired) electrons. The maximum atomic E-state index is 11.5. The lowest BCUT2D eigenvalue weighted by atomic mass is 10.1. The van der Waals surface area contributed by atoms with Crippen LogP contribution >= 0.6 is 11.6 Å². The van der Waals surface area contributed by atoms with Gasteiger partial charge in [0, 0.05) is 0 Å². The van der Waals surface area contributed by atoms with Gasteiger partial charge in [0.2, 0.25) is 0 Å². The normalized spacial score (nSPS) is 10.8. The highest BCUT2D eigenvalue weighted by Crippen LogP contribution is 2.28. The van der Waals surface area contributed by atoms with Crippen molar-refractivity contribution in [2.24, 2.45) is 0 Å². The van der Waals surface area contributed by atoms with Crippen molar-refractivity contribution in [3.63, 3.8) is 0 Å². The number of ether oxygens (including phenoxy) is 1. The molecule has 1 aromatic heterocycles. The van der Waals surface area contributed by atoms with Crippen LogP contribution in [0.4, 0.5) is 0 Å². The summed E-state index contributed by atoms with van der Waals surface area (Å²) in [4.78, 5) is 20.2. The quantitative estimate of drug-likeness (QED) is 0.880. The highest BCUT2D eigenvalue weighted by Gasteiger charge is 2.19. The summed E-state index contributed by atoms with van der Waals surface area (Å²) in [5.74, 6) is -0.820. The minimum atomic E-state index is -1.10. The lowest BCUT2D eigenvalue weighted by Gasteiger charge is -2.11. The molecular weight excluding hydrogens is 292 g/mol. The summed E-state index contributed by atoms with van der Waals surface area (Å²) >= 11 is 6.14. The van der Waals surface area contributed by atoms with E-state index < -0.39 is 5.97 Å². The van der Waals surface area contributed by atoms with E-state index >= 15 is 0 Å². The molecule has 2 rings (SSSR count). The summed E-state index contributed by atoms with van der Waals surface area (Å²) in [6.45, 7) is 4.25. The molecule has 0 bridgehead atoms. The fraction of sp³-hybridized carbons (Fsp3) is 0.400. The van der Waals surface area contributed by atoms with Gasteiger partial charge in [-0.3, -0.25) is 0 Å². The molecule has 0 spiro atoms. The number of fused-ring (bicyclic) bond motifs is 1. The van der Waals surface area contributed by atoms with E-state index in [1.54, 1.807) is 19.1 Å². The Hall–Kier alpha value is -1.88. The zero-order chi connectivity index (χ0) is 15.4. The maximum Gasteiger partial charge on any atom is 0.341 e. The molecule has 0 saturated carbocycles. The van der Waals surface area contributed by atoms with E-state index in [1.807, 2.05) is 0 Å². The first-order chi connectivity index (χ1) is 10.1. The highest BCUT2D eigenvalue weighted by molar-refractivity contribution is 6.30. The van der Waals surface area contributed by atoms with Gasteiger partial charge in [0.25, 0.3) is 0 Å². The van der Waals surface area contributed by atoms with E-state index in [9.17, 15) is 9.90 Å². The number of carboxylic acids is 1. The van der Waals surface area contributed by atoms with Crippen molar-refractivity contribution in [1.29, 1.82) is 0 Å². The lowest BCUT2D eigenvalue weighted by molar-refractivity contribution is 0.0694. The average molecular weight is 309 g/mol. The molecule has 0 unspecified atom stereocenters. The van der Waals surface area contributed by atoms with Crippen LogP contribution in [-0.4, -0.2) is 27.7 Å². The number of carboxylic acid groups (broad SMARTS) is 1. The van der Waals surface area contributed by atoms with Gasteiger partial charge in [0.05, 0.1) is 17.8 Å². The number of carbonyl (C=O) groups is 1. The van der Waals surface area contributed by atoms with Crippen LogP contribution in [0.25, 0.3) is 11.0 Å². The topological polar surface area (TPSA) is 72.3 Å². The van der Waals surface area contributed by atoms with Crippen LogP contribution in [0.2, 0.25) is 5.15 Å². The fourth-order valence-electron chi connectivity index (χ4n) is 2.11. The van der Waals surface area contributed by atoms with Crippen molar-refractivity contribution in [3.8, 4) is 5.75 Å². The molecule has 1 heterocycles. The van der Waals surface area contributed by atoms with Gasteiger partial charge in [0.15, 0.2) is 5.15 Å². The fourth-order valence-corrected chi connectivity index (χ4v) is 2.33. The molecule has 0 aliphatic carbocycles. The van der Waals surface area contributed by atoms with Gasteiger partial charge in [-0.2, -0.15) is 0 Å². The van der Waals surface area contributed by atoms with Gasteiger partial charge >= 0.3 is 5.97 Å². The highest BCUT2D eigenvalue weighted by atomic mass is 35.5. The van der Waals surface area contributed by atoms with Crippen LogP contribution in [0.5, 0.6) is 5.75 Å². The van der Waals surface area contributed by atoms with Crippen molar-refractivity contribution in [2.45, 2.75) is 33.1 Å². The number of hydrogen-bond donors (Lipinski definition) is 1. The molecule has 0 fully saturated rings. The van der Waals surface area contributed by atoms with Gasteiger partial charge in [0.1, 0.15) is 16.8 Å². The molecule has 0 aliphatic rings. The van der Waals surface area contributed by atoms with Crippen molar-refractivity contribution < 1.29 is 14.6 Å². The first-order valence-corrected chi connectivity index (χ1v) is 7.31. The molecule has 112 valence electrons. The summed E-state index contributed by atoms with van der Waals surface area (Å²) < 4.78 is 5.35. The third-order valence-electron chi connectivity index (χ3n) is 3.10. The number of aromatic nitrogens is 2. The van der Waals surface area contributed by atoms with Gasteiger partial charge in [-0.1, -0.05) is 24.9 Å². The lowest BCUT2D eigenvalue weighted by Crippen LogP contribution is -2.06. The number of halogens is 1. The first kappa shape index (κ1) is 15.5. The molecule has 0 atom stereocenters. The third-order valence-corrected chi connectivity index (χ3v) is 3.41. The van der Waals surface area contributed by atoms with Gasteiger partial charge in [-0.25, -0.2) is 14.8 Å². The van der Waals surface area contributed by atoms with E-state index in [0.717, 1.165) is 19.3 Å². The maximum absolute atomic E-state index is 11.5. The number of benzene rings is 1. The predicted molar refractivity (Wildman–Crippen MR) is 81.3 cm³/mol. The number of rotatable bonds is 6. The standard InChI is InChI=1S/C15H17ClN2O3/c1-3-5-6-10-14(16)18-13-9(17-10)7-8-11(21-4-2)12(13)15(19)20/h7-8H,3-6H2,1-2H3,(H,19,20). The Morgan fingerprint density at radius 2 is 2.10 bits per heavy atom. The second-order valence-electron chi connectivity index (χ2n) is 4.61. The SMILES string of the molecule is CCCCc1nc2ccc(OCC)c(C(=O)O)c2nc1Cl. The Labute approximate surface area is 127 Å². The van der Waals surface area contributed by atoms with Crippen molar-refractivity contribution in [2.75, 3.05) is 6.61 Å². The first-order valence-electron chi connectivity index (χ1n) is 6.93. The van der Waals surface area contributed by atoms with Crippen LogP contribution in [-0.2, 0) is 6.42 Å². The number of hydrogen-bond acceptors (Lipinski definition) is 4. The molecule has 0 saturated heterocycles. The zero-order valence-corrected chi connectivity index (χ0v) is 12.8. The molecular formula is C15H17ClN2O3. The second kappa shape index (κ2) is 6.72. The Kier molecular flexibility index (Phi) is 4.96. The monoisotopic (exact) mass is 308 g/mol. The Morgan fingerprint density at radius 3 is 2.71 bits per heavy atom. The van der Waals surface area contributed by atoms with E-state index in [1.165, 1.54) is 0 Å². The average Bonchev–Trinajstić information content (AvgIpc) is 2.45. The number of nitrogens with zero attached hydrogens (tertiary/aromatic N) is 2. The Morgan fingerprint density at radius 1 is 1.33 bits per heavy atom. The van der Waals surface area contributed by atoms with E-state index in [0.29, 0.717) is 17.8 Å². The molecule has 0 amide bonds. The molecule has 2 aromatic rings. The molecule has 5 nitrogen and oxygen atoms in total. The summed E-state index contributed by atoms with van der Waals surface area (Å²) in [7, 11) is 0. The minimum Gasteiger partial charge on any atom is -0.493 e. The Bertz CT molecular complexity index is 674. The molecule has 6 heteroatoms. The number of aromatic carboxylic acids is 1. The van der Waals surface area contributed by atoms with Crippen LogP contribution in [0, 0.1) is 0 Å².